The molecule has 0 unspecified atom stereocenters. The predicted molar refractivity (Wildman–Crippen MR) is 122 cm³/mol. The molecule has 0 amide bonds. The van der Waals surface area contributed by atoms with Gasteiger partial charge in [-0.15, -0.1) is 0 Å². The van der Waals surface area contributed by atoms with E-state index in [2.05, 4.69) is 109 Å². The minimum absolute atomic E-state index is 0.384. The van der Waals surface area contributed by atoms with Gasteiger partial charge < -0.3 is 0 Å². The number of rotatable bonds is 3. The summed E-state index contributed by atoms with van der Waals surface area (Å²) in [5.41, 5.74) is 10.2. The van der Waals surface area contributed by atoms with E-state index >= 15 is 0 Å². The molecule has 0 bridgehead atoms. The van der Waals surface area contributed by atoms with Crippen LogP contribution < -0.4 is 0 Å². The number of fused-ring (bicyclic) bond motifs is 3. The summed E-state index contributed by atoms with van der Waals surface area (Å²) < 4.78 is 0. The normalized spacial score (nSPS) is 23.2. The zero-order valence-corrected chi connectivity index (χ0v) is 16.5. The Morgan fingerprint density at radius 2 is 0.750 bits per heavy atom. The van der Waals surface area contributed by atoms with Gasteiger partial charge in [-0.05, 0) is 33.4 Å². The molecule has 3 aliphatic rings. The van der Waals surface area contributed by atoms with Crippen LogP contribution in [0.4, 0.5) is 0 Å². The molecule has 0 spiro atoms. The van der Waals surface area contributed by atoms with Crippen LogP contribution in [-0.2, 0) is 0 Å². The van der Waals surface area contributed by atoms with Gasteiger partial charge in [0.25, 0.3) is 0 Å². The van der Waals surface area contributed by atoms with Crippen LogP contribution in [0.5, 0.6) is 0 Å². The van der Waals surface area contributed by atoms with E-state index in [0.717, 1.165) is 0 Å². The first-order chi connectivity index (χ1) is 13.9. The van der Waals surface area contributed by atoms with Crippen molar-refractivity contribution in [2.45, 2.75) is 17.0 Å². The molecule has 3 atom stereocenters. The summed E-state index contributed by atoms with van der Waals surface area (Å²) in [5, 5.41) is 0. The van der Waals surface area contributed by atoms with E-state index in [1.807, 2.05) is 0 Å². The lowest BCUT2D eigenvalue weighted by atomic mass is 10.1. The molecule has 134 valence electrons. The maximum atomic E-state index is 2.47. The van der Waals surface area contributed by atoms with Crippen LogP contribution >= 0.6 is 7.92 Å². The van der Waals surface area contributed by atoms with Crippen molar-refractivity contribution >= 4 is 26.1 Å². The minimum atomic E-state index is -0.384. The topological polar surface area (TPSA) is 0 Å². The Morgan fingerprint density at radius 3 is 1.11 bits per heavy atom. The van der Waals surface area contributed by atoms with Gasteiger partial charge in [0.2, 0.25) is 0 Å². The van der Waals surface area contributed by atoms with Crippen molar-refractivity contribution < 1.29 is 0 Å². The van der Waals surface area contributed by atoms with Crippen LogP contribution in [0.2, 0.25) is 0 Å². The molecule has 0 saturated carbocycles. The van der Waals surface area contributed by atoms with Crippen molar-refractivity contribution in [1.29, 1.82) is 0 Å². The van der Waals surface area contributed by atoms with E-state index in [9.17, 15) is 0 Å². The largest absolute Gasteiger partial charge is 0.0721 e. The SMILES string of the molecule is C1=C[C@H](P([C@H]2C=Cc3ccccc32)[C@H]2C=Cc3ccccc32)c2ccccc21. The Balaban J connectivity index is 1.51. The molecule has 28 heavy (non-hydrogen) atoms. The maximum absolute atomic E-state index is 2.47. The highest BCUT2D eigenvalue weighted by Crippen LogP contribution is 2.74. The third-order valence-corrected chi connectivity index (χ3v) is 9.56. The molecule has 0 radical (unpaired) electrons. The van der Waals surface area contributed by atoms with E-state index in [0.29, 0.717) is 17.0 Å². The summed E-state index contributed by atoms with van der Waals surface area (Å²) in [6, 6.07) is 26.9. The summed E-state index contributed by atoms with van der Waals surface area (Å²) in [6.45, 7) is 0. The van der Waals surface area contributed by atoms with Gasteiger partial charge >= 0.3 is 0 Å². The number of benzene rings is 3. The molecule has 0 fully saturated rings. The molecule has 0 nitrogen and oxygen atoms in total. The van der Waals surface area contributed by atoms with Crippen molar-refractivity contribution in [3.8, 4) is 0 Å². The molecule has 0 heterocycles. The van der Waals surface area contributed by atoms with E-state index in [1.54, 1.807) is 0 Å². The average molecular weight is 376 g/mol. The Morgan fingerprint density at radius 1 is 0.429 bits per heavy atom. The molecule has 0 aliphatic heterocycles. The summed E-state index contributed by atoms with van der Waals surface area (Å²) in [5.74, 6) is 0. The molecule has 0 aromatic heterocycles. The Bertz CT molecular complexity index is 1000. The van der Waals surface area contributed by atoms with Gasteiger partial charge in [-0.1, -0.05) is 117 Å². The molecular weight excluding hydrogens is 355 g/mol. The maximum Gasteiger partial charge on any atom is 0.0247 e. The zero-order chi connectivity index (χ0) is 18.5. The summed E-state index contributed by atoms with van der Waals surface area (Å²) in [7, 11) is -0.384. The molecule has 3 aromatic carbocycles. The first-order valence-electron chi connectivity index (χ1n) is 9.99. The monoisotopic (exact) mass is 376 g/mol. The van der Waals surface area contributed by atoms with Gasteiger partial charge in [0.1, 0.15) is 0 Å². The summed E-state index contributed by atoms with van der Waals surface area (Å²) in [6.07, 6.45) is 14.4. The lowest BCUT2D eigenvalue weighted by molar-refractivity contribution is 1.08. The average Bonchev–Trinajstić information content (AvgIpc) is 3.47. The van der Waals surface area contributed by atoms with E-state index in [1.165, 1.54) is 33.4 Å². The second-order valence-corrected chi connectivity index (χ2v) is 10.3. The van der Waals surface area contributed by atoms with Gasteiger partial charge in [0.15, 0.2) is 0 Å². The fourth-order valence-electron chi connectivity index (χ4n) is 4.99. The highest BCUT2D eigenvalue weighted by molar-refractivity contribution is 7.59. The standard InChI is InChI=1S/C27H21P/c1-4-10-22-19(7-1)13-16-25(22)28(26-17-14-20-8-2-5-11-23(20)26)27-18-15-21-9-3-6-12-24(21)27/h1-18,25-27H/t25-,26-,27-/m0/s1. The molecule has 3 aromatic rings. The van der Waals surface area contributed by atoms with Crippen molar-refractivity contribution in [1.82, 2.24) is 0 Å². The van der Waals surface area contributed by atoms with Crippen LogP contribution in [0.1, 0.15) is 50.4 Å². The number of allylic oxidation sites excluding steroid dienone is 3. The highest BCUT2D eigenvalue weighted by atomic mass is 31.1. The number of hydrogen-bond acceptors (Lipinski definition) is 0. The van der Waals surface area contributed by atoms with Crippen LogP contribution in [0.15, 0.2) is 91.0 Å². The zero-order valence-electron chi connectivity index (χ0n) is 15.6. The first kappa shape index (κ1) is 16.3. The predicted octanol–water partition coefficient (Wildman–Crippen LogP) is 7.77. The van der Waals surface area contributed by atoms with Crippen molar-refractivity contribution in [2.75, 3.05) is 0 Å². The number of hydrogen-bond donors (Lipinski definition) is 0. The second-order valence-electron chi connectivity index (χ2n) is 7.75. The molecule has 0 saturated heterocycles. The van der Waals surface area contributed by atoms with Crippen LogP contribution in [0.3, 0.4) is 0 Å². The second kappa shape index (κ2) is 6.43. The third kappa shape index (κ3) is 2.42. The molecule has 6 rings (SSSR count). The summed E-state index contributed by atoms with van der Waals surface area (Å²) >= 11 is 0. The molecule has 1 heteroatoms. The molecule has 3 aliphatic carbocycles. The Hall–Kier alpha value is -2.69. The van der Waals surface area contributed by atoms with Gasteiger partial charge in [-0.3, -0.25) is 0 Å². The first-order valence-corrected chi connectivity index (χ1v) is 11.5. The molecule has 0 N–H and O–H groups in total. The minimum Gasteiger partial charge on any atom is -0.0721 e. The van der Waals surface area contributed by atoms with Crippen LogP contribution in [0.25, 0.3) is 18.2 Å². The van der Waals surface area contributed by atoms with Crippen LogP contribution in [0, 0.1) is 0 Å². The van der Waals surface area contributed by atoms with Crippen molar-refractivity contribution in [2.24, 2.45) is 0 Å². The third-order valence-electron chi connectivity index (χ3n) is 6.28. The lowest BCUT2D eigenvalue weighted by Crippen LogP contribution is -2.05. The highest BCUT2D eigenvalue weighted by Gasteiger charge is 2.40. The van der Waals surface area contributed by atoms with Gasteiger partial charge in [-0.25, -0.2) is 0 Å². The van der Waals surface area contributed by atoms with Crippen molar-refractivity contribution in [3.63, 3.8) is 0 Å². The van der Waals surface area contributed by atoms with Crippen LogP contribution in [-0.4, -0.2) is 0 Å². The Labute approximate surface area is 167 Å². The Kier molecular flexibility index (Phi) is 3.74. The lowest BCUT2D eigenvalue weighted by Gasteiger charge is -2.35. The molecular formula is C27H21P. The quantitative estimate of drug-likeness (QED) is 0.410. The van der Waals surface area contributed by atoms with E-state index in [4.69, 9.17) is 0 Å². The van der Waals surface area contributed by atoms with E-state index in [-0.39, 0.29) is 7.92 Å². The van der Waals surface area contributed by atoms with Gasteiger partial charge in [-0.2, -0.15) is 0 Å². The smallest absolute Gasteiger partial charge is 0.0247 e. The van der Waals surface area contributed by atoms with Gasteiger partial charge in [0, 0.05) is 17.0 Å². The fourth-order valence-corrected chi connectivity index (χ4v) is 8.55. The van der Waals surface area contributed by atoms with Crippen molar-refractivity contribution in [3.05, 3.63) is 124 Å². The fraction of sp³-hybridized carbons (Fsp3) is 0.111. The van der Waals surface area contributed by atoms with E-state index < -0.39 is 0 Å². The summed E-state index contributed by atoms with van der Waals surface area (Å²) in [4.78, 5) is 0. The van der Waals surface area contributed by atoms with Gasteiger partial charge in [0.05, 0.1) is 0 Å².